The molecule has 1 aliphatic rings. The molecule has 5 heteroatoms. The standard InChI is InChI=1S/C24H25ClN2OS/c1-15(2)16-7-10-18(11-8-16)26-23(28)14-29-24-19-5-3-4-6-21(19)27-22-13-17(25)9-12-20(22)24/h7-13,15H,3-6,14H2,1-2H3,(H,26,28). The molecule has 0 radical (unpaired) electrons. The van der Waals surface area contributed by atoms with Crippen molar-refractivity contribution in [1.82, 2.24) is 4.98 Å². The number of hydrogen-bond donors (Lipinski definition) is 1. The monoisotopic (exact) mass is 424 g/mol. The molecule has 4 rings (SSSR count). The first-order chi connectivity index (χ1) is 14.0. The second kappa shape index (κ2) is 8.76. The topological polar surface area (TPSA) is 42.0 Å². The highest BCUT2D eigenvalue weighted by Gasteiger charge is 2.19. The van der Waals surface area contributed by atoms with Crippen LogP contribution in [-0.4, -0.2) is 16.6 Å². The van der Waals surface area contributed by atoms with Gasteiger partial charge in [0.2, 0.25) is 5.91 Å². The van der Waals surface area contributed by atoms with Crippen molar-refractivity contribution in [2.75, 3.05) is 11.1 Å². The molecular formula is C24H25ClN2OS. The predicted octanol–water partition coefficient (Wildman–Crippen LogP) is 6.62. The molecule has 1 N–H and O–H groups in total. The van der Waals surface area contributed by atoms with Gasteiger partial charge in [0.15, 0.2) is 0 Å². The molecule has 0 saturated carbocycles. The average molecular weight is 425 g/mol. The van der Waals surface area contributed by atoms with Crippen LogP contribution in [0.3, 0.4) is 0 Å². The number of anilines is 1. The van der Waals surface area contributed by atoms with Gasteiger partial charge < -0.3 is 5.32 Å². The van der Waals surface area contributed by atoms with Crippen LogP contribution in [0.1, 0.15) is 49.4 Å². The van der Waals surface area contributed by atoms with E-state index >= 15 is 0 Å². The lowest BCUT2D eigenvalue weighted by molar-refractivity contribution is -0.113. The number of nitrogens with zero attached hydrogens (tertiary/aromatic N) is 1. The molecule has 0 saturated heterocycles. The molecule has 0 unspecified atom stereocenters. The van der Waals surface area contributed by atoms with Gasteiger partial charge in [-0.2, -0.15) is 0 Å². The number of hydrogen-bond acceptors (Lipinski definition) is 3. The average Bonchev–Trinajstić information content (AvgIpc) is 2.71. The number of nitrogens with one attached hydrogen (secondary N) is 1. The third-order valence-electron chi connectivity index (χ3n) is 5.38. The summed E-state index contributed by atoms with van der Waals surface area (Å²) in [6.45, 7) is 4.33. The number of amides is 1. The van der Waals surface area contributed by atoms with E-state index in [0.717, 1.165) is 35.1 Å². The van der Waals surface area contributed by atoms with Crippen molar-refractivity contribution in [1.29, 1.82) is 0 Å². The Morgan fingerprint density at radius 3 is 2.66 bits per heavy atom. The summed E-state index contributed by atoms with van der Waals surface area (Å²) in [6, 6.07) is 14.0. The molecule has 0 bridgehead atoms. The molecule has 29 heavy (non-hydrogen) atoms. The van der Waals surface area contributed by atoms with Gasteiger partial charge in [-0.1, -0.05) is 43.6 Å². The summed E-state index contributed by atoms with van der Waals surface area (Å²) < 4.78 is 0. The van der Waals surface area contributed by atoms with Crippen molar-refractivity contribution in [2.24, 2.45) is 0 Å². The summed E-state index contributed by atoms with van der Waals surface area (Å²) in [5.74, 6) is 0.867. The highest BCUT2D eigenvalue weighted by Crippen LogP contribution is 2.36. The zero-order valence-corrected chi connectivity index (χ0v) is 18.4. The van der Waals surface area contributed by atoms with Crippen LogP contribution >= 0.6 is 23.4 Å². The van der Waals surface area contributed by atoms with Gasteiger partial charge >= 0.3 is 0 Å². The second-order valence-corrected chi connectivity index (χ2v) is 9.27. The molecule has 1 aliphatic carbocycles. The molecule has 2 aromatic carbocycles. The Labute approximate surface area is 181 Å². The lowest BCUT2D eigenvalue weighted by atomic mass is 9.94. The van der Waals surface area contributed by atoms with Gasteiger partial charge in [-0.05, 0) is 67.0 Å². The third-order valence-corrected chi connectivity index (χ3v) is 6.78. The van der Waals surface area contributed by atoms with Crippen molar-refractivity contribution in [3.8, 4) is 0 Å². The Morgan fingerprint density at radius 1 is 1.14 bits per heavy atom. The first-order valence-electron chi connectivity index (χ1n) is 10.1. The number of pyridine rings is 1. The molecule has 0 atom stereocenters. The Bertz CT molecular complexity index is 1050. The fourth-order valence-electron chi connectivity index (χ4n) is 3.81. The van der Waals surface area contributed by atoms with E-state index < -0.39 is 0 Å². The number of fused-ring (bicyclic) bond motifs is 2. The highest BCUT2D eigenvalue weighted by molar-refractivity contribution is 8.00. The van der Waals surface area contributed by atoms with Crippen LogP contribution in [-0.2, 0) is 17.6 Å². The molecular weight excluding hydrogens is 400 g/mol. The van der Waals surface area contributed by atoms with E-state index in [1.54, 1.807) is 11.8 Å². The third kappa shape index (κ3) is 4.59. The van der Waals surface area contributed by atoms with Crippen LogP contribution in [0.15, 0.2) is 47.4 Å². The molecule has 3 aromatic rings. The summed E-state index contributed by atoms with van der Waals surface area (Å²) in [7, 11) is 0. The summed E-state index contributed by atoms with van der Waals surface area (Å²) >= 11 is 7.80. The quantitative estimate of drug-likeness (QED) is 0.468. The van der Waals surface area contributed by atoms with Crippen LogP contribution in [0, 0.1) is 0 Å². The molecule has 0 spiro atoms. The zero-order valence-electron chi connectivity index (χ0n) is 16.8. The van der Waals surface area contributed by atoms with Crippen molar-refractivity contribution in [3.63, 3.8) is 0 Å². The van der Waals surface area contributed by atoms with Crippen molar-refractivity contribution < 1.29 is 4.79 Å². The van der Waals surface area contributed by atoms with E-state index in [-0.39, 0.29) is 5.91 Å². The summed E-state index contributed by atoms with van der Waals surface area (Å²) in [4.78, 5) is 18.6. The van der Waals surface area contributed by atoms with Crippen molar-refractivity contribution in [3.05, 3.63) is 64.3 Å². The smallest absolute Gasteiger partial charge is 0.234 e. The Kier molecular flexibility index (Phi) is 6.12. The van der Waals surface area contributed by atoms with Crippen LogP contribution in [0.4, 0.5) is 5.69 Å². The molecule has 1 heterocycles. The Hall–Kier alpha value is -2.04. The Morgan fingerprint density at radius 2 is 1.90 bits per heavy atom. The lowest BCUT2D eigenvalue weighted by Gasteiger charge is -2.20. The van der Waals surface area contributed by atoms with E-state index in [9.17, 15) is 4.79 Å². The maximum atomic E-state index is 12.6. The minimum absolute atomic E-state index is 0.00998. The SMILES string of the molecule is CC(C)c1ccc(NC(=O)CSc2c3c(nc4cc(Cl)ccc24)CCCC3)cc1. The number of aromatic nitrogens is 1. The van der Waals surface area contributed by atoms with Crippen LogP contribution in [0.25, 0.3) is 10.9 Å². The fourth-order valence-corrected chi connectivity index (χ4v) is 5.04. The van der Waals surface area contributed by atoms with Gasteiger partial charge in [0.1, 0.15) is 0 Å². The van der Waals surface area contributed by atoms with E-state index in [4.69, 9.17) is 16.6 Å². The maximum absolute atomic E-state index is 12.6. The number of aryl methyl sites for hydroxylation is 1. The predicted molar refractivity (Wildman–Crippen MR) is 123 cm³/mol. The number of rotatable bonds is 5. The molecule has 0 fully saturated rings. The van der Waals surface area contributed by atoms with E-state index in [1.807, 2.05) is 30.3 Å². The van der Waals surface area contributed by atoms with Gasteiger partial charge in [-0.25, -0.2) is 0 Å². The second-order valence-electron chi connectivity index (χ2n) is 7.85. The first-order valence-corrected chi connectivity index (χ1v) is 11.5. The minimum Gasteiger partial charge on any atom is -0.325 e. The maximum Gasteiger partial charge on any atom is 0.234 e. The van der Waals surface area contributed by atoms with Crippen molar-refractivity contribution in [2.45, 2.75) is 50.3 Å². The molecule has 3 nitrogen and oxygen atoms in total. The molecule has 1 aromatic heterocycles. The summed E-state index contributed by atoms with van der Waals surface area (Å²) in [5.41, 5.74) is 5.51. The molecule has 150 valence electrons. The van der Waals surface area contributed by atoms with Gasteiger partial charge in [0.05, 0.1) is 11.3 Å². The lowest BCUT2D eigenvalue weighted by Crippen LogP contribution is -2.15. The first kappa shape index (κ1) is 20.2. The van der Waals surface area contributed by atoms with Crippen LogP contribution in [0.2, 0.25) is 5.02 Å². The van der Waals surface area contributed by atoms with E-state index in [0.29, 0.717) is 16.7 Å². The minimum atomic E-state index is 0.00998. The number of carbonyl (C=O) groups excluding carboxylic acids is 1. The number of carbonyl (C=O) groups is 1. The Balaban J connectivity index is 1.53. The van der Waals surface area contributed by atoms with Gasteiger partial charge in [0.25, 0.3) is 0 Å². The highest BCUT2D eigenvalue weighted by atomic mass is 35.5. The summed E-state index contributed by atoms with van der Waals surface area (Å²) in [6.07, 6.45) is 4.38. The summed E-state index contributed by atoms with van der Waals surface area (Å²) in [5, 5.41) is 4.80. The molecule has 1 amide bonds. The largest absolute Gasteiger partial charge is 0.325 e. The van der Waals surface area contributed by atoms with Gasteiger partial charge in [0, 0.05) is 26.7 Å². The zero-order chi connectivity index (χ0) is 20.4. The van der Waals surface area contributed by atoms with Crippen molar-refractivity contribution >= 4 is 45.9 Å². The van der Waals surface area contributed by atoms with Gasteiger partial charge in [-0.15, -0.1) is 11.8 Å². The number of thioether (sulfide) groups is 1. The van der Waals surface area contributed by atoms with E-state index in [2.05, 4.69) is 31.3 Å². The fraction of sp³-hybridized carbons (Fsp3) is 0.333. The number of halogens is 1. The normalized spacial score (nSPS) is 13.5. The van der Waals surface area contributed by atoms with Crippen LogP contribution in [0.5, 0.6) is 0 Å². The number of benzene rings is 2. The molecule has 0 aliphatic heterocycles. The van der Waals surface area contributed by atoms with Crippen LogP contribution < -0.4 is 5.32 Å². The van der Waals surface area contributed by atoms with E-state index in [1.165, 1.54) is 28.9 Å². The van der Waals surface area contributed by atoms with Gasteiger partial charge in [-0.3, -0.25) is 9.78 Å².